The molecule has 5 rings (SSSR count). The number of halogens is 1. The van der Waals surface area contributed by atoms with Crippen molar-refractivity contribution in [1.82, 2.24) is 9.80 Å². The third-order valence-electron chi connectivity index (χ3n) is 6.27. The Bertz CT molecular complexity index is 1270. The van der Waals surface area contributed by atoms with Crippen LogP contribution >= 0.6 is 11.6 Å². The van der Waals surface area contributed by atoms with E-state index in [1.54, 1.807) is 31.4 Å². The Balaban J connectivity index is 1.46. The molecule has 2 aliphatic heterocycles. The standard InChI is InChI=1S/C27H26ClN3O3/c1-17-4-11-23-25(14-17)34-24-15-21(33-3)9-10-22(24)26(29-23)30-12-13-31(18(2)16-30)27(32)19-5-7-20(28)8-6-19/h4-11,14-15,18H,12-13,16H2,1-3H3/t18-/m1/s1. The maximum Gasteiger partial charge on any atom is 0.254 e. The van der Waals surface area contributed by atoms with Crippen molar-refractivity contribution in [2.45, 2.75) is 19.9 Å². The zero-order valence-corrected chi connectivity index (χ0v) is 20.2. The predicted octanol–water partition coefficient (Wildman–Crippen LogP) is 5.69. The minimum atomic E-state index is 0.00276. The summed E-state index contributed by atoms with van der Waals surface area (Å²) in [5.41, 5.74) is 3.43. The lowest BCUT2D eigenvalue weighted by Crippen LogP contribution is -2.55. The molecular weight excluding hydrogens is 450 g/mol. The molecular formula is C27H26ClN3O3. The molecule has 0 saturated carbocycles. The number of amides is 1. The second kappa shape index (κ2) is 9.03. The van der Waals surface area contributed by atoms with E-state index in [1.165, 1.54) is 0 Å². The van der Waals surface area contributed by atoms with Crippen molar-refractivity contribution < 1.29 is 14.3 Å². The quantitative estimate of drug-likeness (QED) is 0.478. The van der Waals surface area contributed by atoms with Gasteiger partial charge in [0.15, 0.2) is 5.75 Å². The van der Waals surface area contributed by atoms with Gasteiger partial charge < -0.3 is 19.3 Å². The normalized spacial score (nSPS) is 17.2. The van der Waals surface area contributed by atoms with Crippen LogP contribution in [-0.4, -0.2) is 54.3 Å². The van der Waals surface area contributed by atoms with Gasteiger partial charge in [-0.15, -0.1) is 0 Å². The Morgan fingerprint density at radius 1 is 1.06 bits per heavy atom. The molecule has 0 N–H and O–H groups in total. The second-order valence-electron chi connectivity index (χ2n) is 8.67. The number of carbonyl (C=O) groups is 1. The summed E-state index contributed by atoms with van der Waals surface area (Å²) in [6.07, 6.45) is 0. The lowest BCUT2D eigenvalue weighted by molar-refractivity contribution is 0.0581. The van der Waals surface area contributed by atoms with Crippen LogP contribution < -0.4 is 9.47 Å². The summed E-state index contributed by atoms with van der Waals surface area (Å²) in [5, 5.41) is 0.619. The summed E-state index contributed by atoms with van der Waals surface area (Å²) >= 11 is 5.99. The summed E-state index contributed by atoms with van der Waals surface area (Å²) in [6, 6.07) is 18.9. The Kier molecular flexibility index (Phi) is 5.92. The molecule has 1 atom stereocenters. The highest BCUT2D eigenvalue weighted by Crippen LogP contribution is 2.40. The second-order valence-corrected chi connectivity index (χ2v) is 9.11. The highest BCUT2D eigenvalue weighted by Gasteiger charge is 2.32. The molecule has 2 aliphatic rings. The van der Waals surface area contributed by atoms with Crippen molar-refractivity contribution in [1.29, 1.82) is 0 Å². The van der Waals surface area contributed by atoms with E-state index in [4.69, 9.17) is 26.1 Å². The van der Waals surface area contributed by atoms with E-state index >= 15 is 0 Å². The van der Waals surface area contributed by atoms with E-state index in [0.717, 1.165) is 28.4 Å². The van der Waals surface area contributed by atoms with Crippen molar-refractivity contribution >= 4 is 29.0 Å². The fraction of sp³-hybridized carbons (Fsp3) is 0.259. The fourth-order valence-electron chi connectivity index (χ4n) is 4.44. The molecule has 0 radical (unpaired) electrons. The zero-order valence-electron chi connectivity index (χ0n) is 19.4. The minimum Gasteiger partial charge on any atom is -0.497 e. The van der Waals surface area contributed by atoms with E-state index in [9.17, 15) is 4.79 Å². The van der Waals surface area contributed by atoms with Crippen LogP contribution in [0.5, 0.6) is 17.2 Å². The molecule has 1 amide bonds. The summed E-state index contributed by atoms with van der Waals surface area (Å²) < 4.78 is 11.7. The number of amidine groups is 1. The number of fused-ring (bicyclic) bond motifs is 2. The van der Waals surface area contributed by atoms with Crippen molar-refractivity contribution in [2.24, 2.45) is 4.99 Å². The molecule has 1 saturated heterocycles. The number of hydrogen-bond acceptors (Lipinski definition) is 5. The molecule has 0 spiro atoms. The molecule has 3 aromatic rings. The molecule has 1 fully saturated rings. The van der Waals surface area contributed by atoms with Crippen molar-refractivity contribution in [3.63, 3.8) is 0 Å². The summed E-state index contributed by atoms with van der Waals surface area (Å²) in [7, 11) is 1.64. The van der Waals surface area contributed by atoms with Crippen LogP contribution in [0.2, 0.25) is 5.02 Å². The van der Waals surface area contributed by atoms with E-state index in [-0.39, 0.29) is 11.9 Å². The zero-order chi connectivity index (χ0) is 23.8. The number of carbonyl (C=O) groups excluding carboxylic acids is 1. The molecule has 0 bridgehead atoms. The number of aryl methyl sites for hydroxylation is 1. The first-order chi connectivity index (χ1) is 16.4. The number of piperazine rings is 1. The van der Waals surface area contributed by atoms with E-state index in [0.29, 0.717) is 41.7 Å². The van der Waals surface area contributed by atoms with Crippen LogP contribution in [0.1, 0.15) is 28.4 Å². The average Bonchev–Trinajstić information content (AvgIpc) is 2.99. The van der Waals surface area contributed by atoms with Gasteiger partial charge in [-0.05, 0) is 67.9 Å². The van der Waals surface area contributed by atoms with Gasteiger partial charge in [0.05, 0.1) is 12.7 Å². The number of methoxy groups -OCH3 is 1. The molecule has 0 aromatic heterocycles. The Hall–Kier alpha value is -3.51. The van der Waals surface area contributed by atoms with Crippen LogP contribution in [0.25, 0.3) is 0 Å². The number of nitrogens with zero attached hydrogens (tertiary/aromatic N) is 3. The Morgan fingerprint density at radius 3 is 2.59 bits per heavy atom. The van der Waals surface area contributed by atoms with Gasteiger partial charge in [-0.3, -0.25) is 4.79 Å². The van der Waals surface area contributed by atoms with E-state index < -0.39 is 0 Å². The van der Waals surface area contributed by atoms with Crippen LogP contribution in [-0.2, 0) is 0 Å². The number of rotatable bonds is 2. The third-order valence-corrected chi connectivity index (χ3v) is 6.52. The third kappa shape index (κ3) is 4.21. The van der Waals surface area contributed by atoms with Crippen LogP contribution in [0.15, 0.2) is 65.7 Å². The molecule has 34 heavy (non-hydrogen) atoms. The minimum absolute atomic E-state index is 0.00276. The lowest BCUT2D eigenvalue weighted by Gasteiger charge is -2.41. The monoisotopic (exact) mass is 475 g/mol. The highest BCUT2D eigenvalue weighted by atomic mass is 35.5. The Morgan fingerprint density at radius 2 is 1.85 bits per heavy atom. The van der Waals surface area contributed by atoms with Crippen molar-refractivity contribution in [3.05, 3.63) is 82.4 Å². The lowest BCUT2D eigenvalue weighted by atomic mass is 10.1. The first-order valence-electron chi connectivity index (χ1n) is 11.3. The SMILES string of the molecule is COc1ccc2c(c1)Oc1cc(C)ccc1N=C2N1CCN(C(=O)c2ccc(Cl)cc2)[C@H](C)C1. The maximum atomic E-state index is 13.1. The summed E-state index contributed by atoms with van der Waals surface area (Å²) in [5.74, 6) is 3.00. The van der Waals surface area contributed by atoms with Gasteiger partial charge in [-0.1, -0.05) is 17.7 Å². The van der Waals surface area contributed by atoms with Gasteiger partial charge >= 0.3 is 0 Å². The van der Waals surface area contributed by atoms with Crippen LogP contribution in [0.4, 0.5) is 5.69 Å². The smallest absolute Gasteiger partial charge is 0.254 e. The van der Waals surface area contributed by atoms with Gasteiger partial charge in [0.2, 0.25) is 0 Å². The molecule has 7 heteroatoms. The average molecular weight is 476 g/mol. The number of ether oxygens (including phenoxy) is 2. The van der Waals surface area contributed by atoms with E-state index in [2.05, 4.69) is 11.8 Å². The number of aliphatic imine (C=N–C) groups is 1. The summed E-state index contributed by atoms with van der Waals surface area (Å²) in [4.78, 5) is 22.3. The molecule has 0 aliphatic carbocycles. The number of hydrogen-bond donors (Lipinski definition) is 0. The molecule has 3 aromatic carbocycles. The first kappa shape index (κ1) is 22.3. The van der Waals surface area contributed by atoms with Gasteiger partial charge in [-0.2, -0.15) is 0 Å². The number of benzene rings is 3. The van der Waals surface area contributed by atoms with Crippen LogP contribution in [0.3, 0.4) is 0 Å². The van der Waals surface area contributed by atoms with Crippen molar-refractivity contribution in [2.75, 3.05) is 26.7 Å². The first-order valence-corrected chi connectivity index (χ1v) is 11.7. The van der Waals surface area contributed by atoms with Gasteiger partial charge in [0, 0.05) is 42.3 Å². The van der Waals surface area contributed by atoms with Gasteiger partial charge in [-0.25, -0.2) is 4.99 Å². The topological polar surface area (TPSA) is 54.4 Å². The van der Waals surface area contributed by atoms with Gasteiger partial charge in [0.25, 0.3) is 5.91 Å². The van der Waals surface area contributed by atoms with Crippen LogP contribution in [0, 0.1) is 6.92 Å². The Labute approximate surface area is 204 Å². The van der Waals surface area contributed by atoms with Crippen molar-refractivity contribution in [3.8, 4) is 17.2 Å². The fourth-order valence-corrected chi connectivity index (χ4v) is 4.56. The summed E-state index contributed by atoms with van der Waals surface area (Å²) in [6.45, 7) is 6.01. The molecule has 174 valence electrons. The van der Waals surface area contributed by atoms with E-state index in [1.807, 2.05) is 48.2 Å². The predicted molar refractivity (Wildman–Crippen MR) is 134 cm³/mol. The molecule has 2 heterocycles. The highest BCUT2D eigenvalue weighted by molar-refractivity contribution is 6.30. The molecule has 0 unspecified atom stereocenters. The maximum absolute atomic E-state index is 13.1. The van der Waals surface area contributed by atoms with Gasteiger partial charge in [0.1, 0.15) is 23.0 Å². The largest absolute Gasteiger partial charge is 0.497 e. The molecule has 6 nitrogen and oxygen atoms in total.